The average Bonchev–Trinajstić information content (AvgIpc) is 2.40. The molecule has 1 heterocycles. The molecule has 2 aromatic rings. The van der Waals surface area contributed by atoms with Gasteiger partial charge in [-0.25, -0.2) is 0 Å². The number of nitrogens with one attached hydrogen (secondary N) is 1. The van der Waals surface area contributed by atoms with E-state index in [0.29, 0.717) is 0 Å². The maximum Gasteiger partial charge on any atom is 0.0754 e. The monoisotopic (exact) mass is 282 g/mol. The first-order valence-corrected chi connectivity index (χ1v) is 7.76. The summed E-state index contributed by atoms with van der Waals surface area (Å²) in [7, 11) is 0. The first-order chi connectivity index (χ1) is 10.0. The Morgan fingerprint density at radius 2 is 1.62 bits per heavy atom. The van der Waals surface area contributed by atoms with Gasteiger partial charge >= 0.3 is 0 Å². The first-order valence-electron chi connectivity index (χ1n) is 7.76. The number of aromatic nitrogens is 1. The lowest BCUT2D eigenvalue weighted by Crippen LogP contribution is -2.25. The zero-order chi connectivity index (χ0) is 15.4. The minimum Gasteiger partial charge on any atom is -0.305 e. The van der Waals surface area contributed by atoms with Gasteiger partial charge in [-0.15, -0.1) is 0 Å². The molecule has 1 aromatic heterocycles. The van der Waals surface area contributed by atoms with E-state index in [1.165, 1.54) is 27.8 Å². The third-order valence-electron chi connectivity index (χ3n) is 3.70. The summed E-state index contributed by atoms with van der Waals surface area (Å²) in [6.45, 7) is 11.7. The molecule has 0 aliphatic rings. The lowest BCUT2D eigenvalue weighted by Gasteiger charge is -2.21. The largest absolute Gasteiger partial charge is 0.305 e. The van der Waals surface area contributed by atoms with Crippen molar-refractivity contribution in [3.8, 4) is 0 Å². The summed E-state index contributed by atoms with van der Waals surface area (Å²) in [5.74, 6) is 0. The summed E-state index contributed by atoms with van der Waals surface area (Å²) in [6.07, 6.45) is 3.08. The Labute approximate surface area is 128 Å². The highest BCUT2D eigenvalue weighted by atomic mass is 14.9. The van der Waals surface area contributed by atoms with Crippen molar-refractivity contribution < 1.29 is 0 Å². The van der Waals surface area contributed by atoms with E-state index in [2.05, 4.69) is 64.2 Å². The van der Waals surface area contributed by atoms with Gasteiger partial charge < -0.3 is 5.32 Å². The Kier molecular flexibility index (Phi) is 5.13. The fourth-order valence-electron chi connectivity index (χ4n) is 2.87. The maximum absolute atomic E-state index is 4.70. The minimum atomic E-state index is 0.171. The molecule has 21 heavy (non-hydrogen) atoms. The summed E-state index contributed by atoms with van der Waals surface area (Å²) in [5.41, 5.74) is 7.52. The molecule has 0 spiro atoms. The first kappa shape index (κ1) is 15.7. The fraction of sp³-hybridized carbons (Fsp3) is 0.421. The van der Waals surface area contributed by atoms with Crippen LogP contribution in [0.25, 0.3) is 0 Å². The van der Waals surface area contributed by atoms with Gasteiger partial charge in [0.15, 0.2) is 0 Å². The lowest BCUT2D eigenvalue weighted by molar-refractivity contribution is 0.583. The van der Waals surface area contributed by atoms with Crippen molar-refractivity contribution in [1.29, 1.82) is 0 Å². The predicted molar refractivity (Wildman–Crippen MR) is 89.8 cm³/mol. The number of rotatable bonds is 5. The summed E-state index contributed by atoms with van der Waals surface area (Å²) < 4.78 is 0. The highest BCUT2D eigenvalue weighted by molar-refractivity contribution is 5.37. The second kappa shape index (κ2) is 6.86. The van der Waals surface area contributed by atoms with Crippen molar-refractivity contribution >= 4 is 0 Å². The van der Waals surface area contributed by atoms with Crippen LogP contribution >= 0.6 is 0 Å². The van der Waals surface area contributed by atoms with E-state index < -0.39 is 0 Å². The Balaban J connectivity index is 2.46. The molecule has 0 radical (unpaired) electrons. The number of hydrogen-bond donors (Lipinski definition) is 1. The molecule has 1 aromatic carbocycles. The molecular weight excluding hydrogens is 256 g/mol. The molecule has 0 aliphatic heterocycles. The SMILES string of the molecule is CCCNC(c1cc(C)cc(C)c1)c1ncc(C)cc1C. The third-order valence-corrected chi connectivity index (χ3v) is 3.70. The van der Waals surface area contributed by atoms with Gasteiger partial charge in [0, 0.05) is 6.20 Å². The van der Waals surface area contributed by atoms with E-state index in [4.69, 9.17) is 4.98 Å². The average molecular weight is 282 g/mol. The molecule has 0 saturated carbocycles. The number of hydrogen-bond acceptors (Lipinski definition) is 2. The molecule has 0 fully saturated rings. The summed E-state index contributed by atoms with van der Waals surface area (Å²) in [6, 6.07) is 9.13. The van der Waals surface area contributed by atoms with Crippen LogP contribution in [0.15, 0.2) is 30.5 Å². The smallest absolute Gasteiger partial charge is 0.0754 e. The predicted octanol–water partition coefficient (Wildman–Crippen LogP) is 4.40. The Bertz CT molecular complexity index is 597. The van der Waals surface area contributed by atoms with Crippen molar-refractivity contribution in [2.24, 2.45) is 0 Å². The Morgan fingerprint density at radius 1 is 0.952 bits per heavy atom. The summed E-state index contributed by atoms with van der Waals surface area (Å²) in [4.78, 5) is 4.70. The zero-order valence-electron chi connectivity index (χ0n) is 13.8. The summed E-state index contributed by atoms with van der Waals surface area (Å²) >= 11 is 0. The summed E-state index contributed by atoms with van der Waals surface area (Å²) in [5, 5.41) is 3.65. The van der Waals surface area contributed by atoms with Gasteiger partial charge in [0.05, 0.1) is 11.7 Å². The van der Waals surface area contributed by atoms with Gasteiger partial charge in [0.25, 0.3) is 0 Å². The standard InChI is InChI=1S/C19H26N2/c1-6-7-20-19(17-10-13(2)8-14(3)11-17)18-16(5)9-15(4)12-21-18/h8-12,19-20H,6-7H2,1-5H3. The highest BCUT2D eigenvalue weighted by Crippen LogP contribution is 2.25. The number of pyridine rings is 1. The van der Waals surface area contributed by atoms with E-state index in [1.54, 1.807) is 0 Å². The van der Waals surface area contributed by atoms with E-state index in [1.807, 2.05) is 6.20 Å². The molecule has 2 rings (SSSR count). The van der Waals surface area contributed by atoms with E-state index in [0.717, 1.165) is 18.7 Å². The van der Waals surface area contributed by atoms with Crippen LogP contribution in [-0.2, 0) is 0 Å². The molecule has 2 nitrogen and oxygen atoms in total. The van der Waals surface area contributed by atoms with Crippen LogP contribution in [0.5, 0.6) is 0 Å². The van der Waals surface area contributed by atoms with Gasteiger partial charge in [0.1, 0.15) is 0 Å². The minimum absolute atomic E-state index is 0.171. The normalized spacial score (nSPS) is 12.4. The fourth-order valence-corrected chi connectivity index (χ4v) is 2.87. The number of nitrogens with zero attached hydrogens (tertiary/aromatic N) is 1. The van der Waals surface area contributed by atoms with Crippen molar-refractivity contribution in [2.45, 2.75) is 47.1 Å². The van der Waals surface area contributed by atoms with Crippen LogP contribution in [0.1, 0.15) is 52.9 Å². The maximum atomic E-state index is 4.70. The van der Waals surface area contributed by atoms with E-state index in [-0.39, 0.29) is 6.04 Å². The van der Waals surface area contributed by atoms with Crippen LogP contribution in [0.3, 0.4) is 0 Å². The quantitative estimate of drug-likeness (QED) is 0.879. The van der Waals surface area contributed by atoms with Crippen LogP contribution in [0.4, 0.5) is 0 Å². The van der Waals surface area contributed by atoms with Crippen LogP contribution in [-0.4, -0.2) is 11.5 Å². The van der Waals surface area contributed by atoms with Gasteiger partial charge in [-0.1, -0.05) is 42.3 Å². The molecular formula is C19H26N2. The number of benzene rings is 1. The zero-order valence-corrected chi connectivity index (χ0v) is 13.8. The van der Waals surface area contributed by atoms with Crippen LogP contribution in [0, 0.1) is 27.7 Å². The molecule has 2 heteroatoms. The second-order valence-electron chi connectivity index (χ2n) is 6.02. The van der Waals surface area contributed by atoms with E-state index >= 15 is 0 Å². The molecule has 112 valence electrons. The van der Waals surface area contributed by atoms with Crippen LogP contribution < -0.4 is 5.32 Å². The number of aryl methyl sites for hydroxylation is 4. The third kappa shape index (κ3) is 3.92. The lowest BCUT2D eigenvalue weighted by atomic mass is 9.96. The topological polar surface area (TPSA) is 24.9 Å². The molecule has 1 N–H and O–H groups in total. The highest BCUT2D eigenvalue weighted by Gasteiger charge is 2.17. The molecule has 0 aliphatic carbocycles. The van der Waals surface area contributed by atoms with E-state index in [9.17, 15) is 0 Å². The molecule has 1 unspecified atom stereocenters. The van der Waals surface area contributed by atoms with Gasteiger partial charge in [-0.2, -0.15) is 0 Å². The molecule has 0 bridgehead atoms. The van der Waals surface area contributed by atoms with Gasteiger partial charge in [-0.05, 0) is 57.4 Å². The van der Waals surface area contributed by atoms with Gasteiger partial charge in [0.2, 0.25) is 0 Å². The molecule has 0 amide bonds. The molecule has 1 atom stereocenters. The van der Waals surface area contributed by atoms with Crippen molar-refractivity contribution in [2.75, 3.05) is 6.54 Å². The Hall–Kier alpha value is -1.67. The Morgan fingerprint density at radius 3 is 2.19 bits per heavy atom. The second-order valence-corrected chi connectivity index (χ2v) is 6.02. The van der Waals surface area contributed by atoms with Crippen molar-refractivity contribution in [1.82, 2.24) is 10.3 Å². The van der Waals surface area contributed by atoms with Crippen LogP contribution in [0.2, 0.25) is 0 Å². The van der Waals surface area contributed by atoms with Gasteiger partial charge in [-0.3, -0.25) is 4.98 Å². The van der Waals surface area contributed by atoms with Crippen molar-refractivity contribution in [3.63, 3.8) is 0 Å². The molecule has 0 saturated heterocycles. The van der Waals surface area contributed by atoms with Crippen molar-refractivity contribution in [3.05, 3.63) is 64.0 Å².